The number of pyridine rings is 1. The van der Waals surface area contributed by atoms with Crippen molar-refractivity contribution in [3.63, 3.8) is 0 Å². The smallest absolute Gasteiger partial charge is 0.340 e. The van der Waals surface area contributed by atoms with Gasteiger partial charge in [-0.2, -0.15) is 5.26 Å². The van der Waals surface area contributed by atoms with Crippen molar-refractivity contribution in [3.05, 3.63) is 40.9 Å². The Morgan fingerprint density at radius 2 is 2.30 bits per heavy atom. The summed E-state index contributed by atoms with van der Waals surface area (Å²) in [7, 11) is 0. The second kappa shape index (κ2) is 8.34. The number of rotatable bonds is 7. The number of carbonyl (C=O) groups is 1. The van der Waals surface area contributed by atoms with Crippen molar-refractivity contribution in [1.82, 2.24) is 10.1 Å². The van der Waals surface area contributed by atoms with Gasteiger partial charge in [0.05, 0.1) is 23.9 Å². The summed E-state index contributed by atoms with van der Waals surface area (Å²) in [5.41, 5.74) is 2.28. The molecule has 0 radical (unpaired) electrons. The SMILES string of the molecule is Cc1noc(C)c1CSc1ncccc1C(=O)OCCCC#N. The Morgan fingerprint density at radius 3 is 3.00 bits per heavy atom. The molecule has 7 heteroatoms. The van der Waals surface area contributed by atoms with Crippen molar-refractivity contribution in [2.75, 3.05) is 6.61 Å². The first-order chi connectivity index (χ1) is 11.1. The van der Waals surface area contributed by atoms with Crippen molar-refractivity contribution >= 4 is 17.7 Å². The Bertz CT molecular complexity index is 702. The molecule has 0 unspecified atom stereocenters. The van der Waals surface area contributed by atoms with Crippen LogP contribution in [0.3, 0.4) is 0 Å². The summed E-state index contributed by atoms with van der Waals surface area (Å²) in [6, 6.07) is 5.41. The third-order valence-corrected chi connectivity index (χ3v) is 4.22. The first-order valence-corrected chi connectivity index (χ1v) is 8.15. The highest BCUT2D eigenvalue weighted by Gasteiger charge is 2.16. The van der Waals surface area contributed by atoms with Gasteiger partial charge in [-0.25, -0.2) is 9.78 Å². The quantitative estimate of drug-likeness (QED) is 0.436. The maximum atomic E-state index is 12.1. The van der Waals surface area contributed by atoms with Gasteiger partial charge in [-0.3, -0.25) is 0 Å². The van der Waals surface area contributed by atoms with Gasteiger partial charge in [0.2, 0.25) is 0 Å². The lowest BCUT2D eigenvalue weighted by Crippen LogP contribution is -2.08. The van der Waals surface area contributed by atoms with Crippen LogP contribution in [0.15, 0.2) is 27.9 Å². The zero-order valence-electron chi connectivity index (χ0n) is 13.0. The van der Waals surface area contributed by atoms with Crippen molar-refractivity contribution in [2.45, 2.75) is 37.5 Å². The number of aromatic nitrogens is 2. The van der Waals surface area contributed by atoms with E-state index in [9.17, 15) is 4.79 Å². The summed E-state index contributed by atoms with van der Waals surface area (Å²) in [6.45, 7) is 3.98. The molecule has 0 spiro atoms. The summed E-state index contributed by atoms with van der Waals surface area (Å²) < 4.78 is 10.3. The van der Waals surface area contributed by atoms with Gasteiger partial charge in [0.15, 0.2) is 0 Å². The van der Waals surface area contributed by atoms with E-state index in [1.165, 1.54) is 11.8 Å². The van der Waals surface area contributed by atoms with Gasteiger partial charge in [-0.05, 0) is 32.4 Å². The van der Waals surface area contributed by atoms with E-state index in [0.29, 0.717) is 29.2 Å². The number of thioether (sulfide) groups is 1. The van der Waals surface area contributed by atoms with E-state index in [2.05, 4.69) is 10.1 Å². The lowest BCUT2D eigenvalue weighted by molar-refractivity contribution is 0.0496. The number of nitriles is 1. The highest BCUT2D eigenvalue weighted by Crippen LogP contribution is 2.27. The molecule has 6 nitrogen and oxygen atoms in total. The van der Waals surface area contributed by atoms with Crippen LogP contribution in [0.4, 0.5) is 0 Å². The summed E-state index contributed by atoms with van der Waals surface area (Å²) in [5, 5.41) is 13.0. The highest BCUT2D eigenvalue weighted by molar-refractivity contribution is 7.98. The van der Waals surface area contributed by atoms with Crippen molar-refractivity contribution in [2.24, 2.45) is 0 Å². The third kappa shape index (κ3) is 4.57. The summed E-state index contributed by atoms with van der Waals surface area (Å²) in [5.74, 6) is 0.969. The molecule has 0 N–H and O–H groups in total. The van der Waals surface area contributed by atoms with Gasteiger partial charge < -0.3 is 9.26 Å². The fraction of sp³-hybridized carbons (Fsp3) is 0.375. The minimum absolute atomic E-state index is 0.231. The molecule has 2 aromatic rings. The molecule has 0 aliphatic carbocycles. The molecule has 0 amide bonds. The van der Waals surface area contributed by atoms with Gasteiger partial charge in [0, 0.05) is 23.9 Å². The van der Waals surface area contributed by atoms with E-state index in [-0.39, 0.29) is 6.61 Å². The lowest BCUT2D eigenvalue weighted by atomic mass is 10.2. The standard InChI is InChI=1S/C16H17N3O3S/c1-11-14(12(2)22-19-11)10-23-15-13(6-5-8-18-15)16(20)21-9-4-3-7-17/h5-6,8H,3-4,9-10H2,1-2H3. The monoisotopic (exact) mass is 331 g/mol. The molecule has 0 bridgehead atoms. The molecule has 0 atom stereocenters. The van der Waals surface area contributed by atoms with Crippen LogP contribution in [0.1, 0.15) is 40.2 Å². The minimum Gasteiger partial charge on any atom is -0.462 e. The molecule has 0 saturated heterocycles. The van der Waals surface area contributed by atoms with Gasteiger partial charge in [0.25, 0.3) is 0 Å². The van der Waals surface area contributed by atoms with E-state index in [4.69, 9.17) is 14.5 Å². The Morgan fingerprint density at radius 1 is 1.48 bits per heavy atom. The summed E-state index contributed by atoms with van der Waals surface area (Å²) in [6.07, 6.45) is 2.54. The second-order valence-corrected chi connectivity index (χ2v) is 5.81. The van der Waals surface area contributed by atoms with Gasteiger partial charge in [-0.1, -0.05) is 5.16 Å². The topological polar surface area (TPSA) is 89.0 Å². The zero-order valence-corrected chi connectivity index (χ0v) is 13.9. The molecular weight excluding hydrogens is 314 g/mol. The van der Waals surface area contributed by atoms with Gasteiger partial charge in [0.1, 0.15) is 10.8 Å². The Balaban J connectivity index is 2.03. The second-order valence-electron chi connectivity index (χ2n) is 4.85. The number of ether oxygens (including phenoxy) is 1. The summed E-state index contributed by atoms with van der Waals surface area (Å²) >= 11 is 1.44. The zero-order chi connectivity index (χ0) is 16.7. The van der Waals surface area contributed by atoms with Crippen LogP contribution >= 0.6 is 11.8 Å². The molecule has 0 fully saturated rings. The maximum Gasteiger partial charge on any atom is 0.340 e. The molecule has 2 heterocycles. The number of hydrogen-bond acceptors (Lipinski definition) is 7. The molecule has 0 aliphatic rings. The van der Waals surface area contributed by atoms with Crippen LogP contribution < -0.4 is 0 Å². The number of esters is 1. The first-order valence-electron chi connectivity index (χ1n) is 7.17. The molecule has 0 saturated carbocycles. The fourth-order valence-corrected chi connectivity index (χ4v) is 3.04. The van der Waals surface area contributed by atoms with E-state index in [1.807, 2.05) is 19.9 Å². The van der Waals surface area contributed by atoms with Crippen molar-refractivity contribution < 1.29 is 14.1 Å². The van der Waals surface area contributed by atoms with E-state index >= 15 is 0 Å². The average molecular weight is 331 g/mol. The molecule has 0 aliphatic heterocycles. The molecule has 2 rings (SSSR count). The average Bonchev–Trinajstić information content (AvgIpc) is 2.88. The van der Waals surface area contributed by atoms with Crippen LogP contribution in [-0.2, 0) is 10.5 Å². The fourth-order valence-electron chi connectivity index (χ4n) is 1.90. The maximum absolute atomic E-state index is 12.1. The predicted octanol–water partition coefficient (Wildman–Crippen LogP) is 3.44. The van der Waals surface area contributed by atoms with E-state index < -0.39 is 5.97 Å². The van der Waals surface area contributed by atoms with Crippen LogP contribution in [0.5, 0.6) is 0 Å². The summed E-state index contributed by atoms with van der Waals surface area (Å²) in [4.78, 5) is 16.4. The Kier molecular flexibility index (Phi) is 6.18. The van der Waals surface area contributed by atoms with E-state index in [1.54, 1.807) is 18.3 Å². The Labute approximate surface area is 138 Å². The van der Waals surface area contributed by atoms with Crippen LogP contribution in [0.2, 0.25) is 0 Å². The van der Waals surface area contributed by atoms with Gasteiger partial charge in [-0.15, -0.1) is 11.8 Å². The molecule has 2 aromatic heterocycles. The van der Waals surface area contributed by atoms with Crippen molar-refractivity contribution in [3.8, 4) is 6.07 Å². The minimum atomic E-state index is -0.419. The number of hydrogen-bond donors (Lipinski definition) is 0. The number of carbonyl (C=O) groups excluding carboxylic acids is 1. The van der Waals surface area contributed by atoms with Crippen LogP contribution in [-0.4, -0.2) is 22.7 Å². The van der Waals surface area contributed by atoms with Crippen LogP contribution in [0.25, 0.3) is 0 Å². The van der Waals surface area contributed by atoms with Crippen molar-refractivity contribution in [1.29, 1.82) is 5.26 Å². The predicted molar refractivity (Wildman–Crippen MR) is 84.9 cm³/mol. The largest absolute Gasteiger partial charge is 0.462 e. The molecule has 120 valence electrons. The third-order valence-electron chi connectivity index (χ3n) is 3.19. The molecular formula is C16H17N3O3S. The van der Waals surface area contributed by atoms with E-state index in [0.717, 1.165) is 17.0 Å². The Hall–Kier alpha value is -2.33. The first kappa shape index (κ1) is 17.0. The number of nitrogens with zero attached hydrogens (tertiary/aromatic N) is 3. The number of aryl methyl sites for hydroxylation is 2. The molecule has 23 heavy (non-hydrogen) atoms. The van der Waals surface area contributed by atoms with Gasteiger partial charge >= 0.3 is 5.97 Å². The number of unbranched alkanes of at least 4 members (excludes halogenated alkanes) is 1. The normalized spacial score (nSPS) is 10.3. The highest BCUT2D eigenvalue weighted by atomic mass is 32.2. The lowest BCUT2D eigenvalue weighted by Gasteiger charge is -2.08. The van der Waals surface area contributed by atoms with Crippen LogP contribution in [0, 0.1) is 25.2 Å². The molecule has 0 aromatic carbocycles.